The van der Waals surface area contributed by atoms with Gasteiger partial charge in [-0.25, -0.2) is 0 Å². The lowest BCUT2D eigenvalue weighted by Gasteiger charge is -2.58. The third-order valence-electron chi connectivity index (χ3n) is 6.40. The van der Waals surface area contributed by atoms with Gasteiger partial charge in [-0.1, -0.05) is 18.9 Å². The van der Waals surface area contributed by atoms with Gasteiger partial charge in [-0.2, -0.15) is 0 Å². The van der Waals surface area contributed by atoms with Crippen LogP contribution in [0, 0.1) is 5.92 Å². The second kappa shape index (κ2) is 5.01. The number of hydrogen-bond acceptors (Lipinski definition) is 2. The van der Waals surface area contributed by atoms with Crippen molar-refractivity contribution in [1.29, 1.82) is 0 Å². The molecule has 1 saturated carbocycles. The van der Waals surface area contributed by atoms with Crippen LogP contribution in [0.4, 0.5) is 0 Å². The van der Waals surface area contributed by atoms with Crippen molar-refractivity contribution in [1.82, 2.24) is 4.90 Å². The molecule has 3 atom stereocenters. The number of fused-ring (bicyclic) bond motifs is 1. The van der Waals surface area contributed by atoms with E-state index in [4.69, 9.17) is 4.74 Å². The van der Waals surface area contributed by atoms with E-state index in [0.717, 1.165) is 24.3 Å². The van der Waals surface area contributed by atoms with Gasteiger partial charge < -0.3 is 9.64 Å². The zero-order chi connectivity index (χ0) is 14.4. The molecule has 2 bridgehead atoms. The standard InChI is InChI=1S/C19H27NO/c1-3-21-15-8-7-14-12-18-16-6-4-5-9-19(16,17(14)13-15)10-11-20(18)2/h7-8,13,16,18H,3-6,9-12H2,1-2H3/t16-,18+,19?/m1/s1. The Morgan fingerprint density at radius 1 is 1.29 bits per heavy atom. The van der Waals surface area contributed by atoms with Crippen molar-refractivity contribution < 1.29 is 4.74 Å². The average Bonchev–Trinajstić information content (AvgIpc) is 2.52. The van der Waals surface area contributed by atoms with Crippen molar-refractivity contribution in [2.45, 2.75) is 56.9 Å². The van der Waals surface area contributed by atoms with Gasteiger partial charge in [-0.15, -0.1) is 0 Å². The van der Waals surface area contributed by atoms with Crippen LogP contribution in [-0.4, -0.2) is 31.1 Å². The van der Waals surface area contributed by atoms with Gasteiger partial charge in [0.05, 0.1) is 6.61 Å². The molecule has 1 aromatic rings. The zero-order valence-corrected chi connectivity index (χ0v) is 13.4. The quantitative estimate of drug-likeness (QED) is 0.820. The normalized spacial score (nSPS) is 35.0. The largest absolute Gasteiger partial charge is 0.494 e. The molecule has 1 unspecified atom stereocenters. The maximum atomic E-state index is 5.80. The van der Waals surface area contributed by atoms with Crippen LogP contribution < -0.4 is 4.74 Å². The Labute approximate surface area is 128 Å². The van der Waals surface area contributed by atoms with E-state index in [9.17, 15) is 0 Å². The topological polar surface area (TPSA) is 12.5 Å². The molecule has 0 aromatic heterocycles. The van der Waals surface area contributed by atoms with Gasteiger partial charge in [-0.05, 0) is 75.4 Å². The predicted octanol–water partition coefficient (Wildman–Crippen LogP) is 3.77. The summed E-state index contributed by atoms with van der Waals surface area (Å²) < 4.78 is 5.80. The first-order valence-corrected chi connectivity index (χ1v) is 8.71. The summed E-state index contributed by atoms with van der Waals surface area (Å²) in [5, 5.41) is 0. The highest BCUT2D eigenvalue weighted by Crippen LogP contribution is 2.55. The Hall–Kier alpha value is -1.02. The van der Waals surface area contributed by atoms with Crippen LogP contribution in [0.15, 0.2) is 18.2 Å². The SMILES string of the molecule is CCOc1ccc2c(c1)C13CCCC[C@@H]1[C@H](C2)N(C)CC3. The molecular formula is C19H27NO. The van der Waals surface area contributed by atoms with E-state index in [2.05, 4.69) is 37.1 Å². The van der Waals surface area contributed by atoms with Crippen LogP contribution in [0.5, 0.6) is 5.75 Å². The number of hydrogen-bond donors (Lipinski definition) is 0. The predicted molar refractivity (Wildman–Crippen MR) is 86.0 cm³/mol. The molecule has 4 rings (SSSR count). The molecule has 2 aliphatic carbocycles. The summed E-state index contributed by atoms with van der Waals surface area (Å²) in [5.41, 5.74) is 3.69. The van der Waals surface area contributed by atoms with Crippen LogP contribution in [-0.2, 0) is 11.8 Å². The molecule has 0 spiro atoms. The minimum Gasteiger partial charge on any atom is -0.494 e. The molecule has 1 aliphatic heterocycles. The Balaban J connectivity index is 1.83. The Morgan fingerprint density at radius 2 is 2.19 bits per heavy atom. The molecule has 1 heterocycles. The first kappa shape index (κ1) is 13.6. The number of ether oxygens (including phenoxy) is 1. The smallest absolute Gasteiger partial charge is 0.119 e. The van der Waals surface area contributed by atoms with Crippen LogP contribution in [0.2, 0.25) is 0 Å². The molecule has 21 heavy (non-hydrogen) atoms. The molecule has 2 nitrogen and oxygen atoms in total. The fraction of sp³-hybridized carbons (Fsp3) is 0.684. The highest BCUT2D eigenvalue weighted by molar-refractivity contribution is 5.45. The summed E-state index contributed by atoms with van der Waals surface area (Å²) in [6, 6.07) is 7.68. The van der Waals surface area contributed by atoms with E-state index in [1.807, 2.05) is 0 Å². The molecule has 114 valence electrons. The van der Waals surface area contributed by atoms with Crippen LogP contribution in [0.1, 0.15) is 50.2 Å². The van der Waals surface area contributed by atoms with Gasteiger partial charge in [0.15, 0.2) is 0 Å². The number of likely N-dealkylation sites (tertiary alicyclic amines) is 1. The van der Waals surface area contributed by atoms with Gasteiger partial charge in [0.1, 0.15) is 5.75 Å². The molecule has 2 heteroatoms. The summed E-state index contributed by atoms with van der Waals surface area (Å²) >= 11 is 0. The number of piperidine rings is 1. The summed E-state index contributed by atoms with van der Waals surface area (Å²) in [7, 11) is 2.34. The minimum atomic E-state index is 0.454. The van der Waals surface area contributed by atoms with E-state index in [1.54, 1.807) is 11.1 Å². The van der Waals surface area contributed by atoms with Gasteiger partial charge in [0, 0.05) is 11.5 Å². The van der Waals surface area contributed by atoms with Crippen molar-refractivity contribution in [2.75, 3.05) is 20.2 Å². The summed E-state index contributed by atoms with van der Waals surface area (Å²) in [4.78, 5) is 2.63. The average molecular weight is 285 g/mol. The van der Waals surface area contributed by atoms with E-state index >= 15 is 0 Å². The van der Waals surface area contributed by atoms with Crippen molar-refractivity contribution in [2.24, 2.45) is 5.92 Å². The van der Waals surface area contributed by atoms with Gasteiger partial charge >= 0.3 is 0 Å². The molecule has 1 saturated heterocycles. The maximum Gasteiger partial charge on any atom is 0.119 e. The Kier molecular flexibility index (Phi) is 3.25. The first-order valence-electron chi connectivity index (χ1n) is 8.71. The van der Waals surface area contributed by atoms with Crippen molar-refractivity contribution in [3.05, 3.63) is 29.3 Å². The molecule has 2 fully saturated rings. The lowest BCUT2D eigenvalue weighted by molar-refractivity contribution is 0.00271. The summed E-state index contributed by atoms with van der Waals surface area (Å²) in [5.74, 6) is 1.95. The fourth-order valence-corrected chi connectivity index (χ4v) is 5.43. The van der Waals surface area contributed by atoms with E-state index in [1.165, 1.54) is 45.1 Å². The molecule has 1 aromatic carbocycles. The first-order chi connectivity index (χ1) is 10.2. The summed E-state index contributed by atoms with van der Waals surface area (Å²) in [6.07, 6.45) is 8.23. The van der Waals surface area contributed by atoms with Crippen LogP contribution >= 0.6 is 0 Å². The lowest BCUT2D eigenvalue weighted by Crippen LogP contribution is -2.59. The van der Waals surface area contributed by atoms with Crippen molar-refractivity contribution >= 4 is 0 Å². The Morgan fingerprint density at radius 3 is 3.05 bits per heavy atom. The number of rotatable bonds is 2. The molecule has 0 radical (unpaired) electrons. The number of nitrogens with zero attached hydrogens (tertiary/aromatic N) is 1. The number of likely N-dealkylation sites (N-methyl/N-ethyl adjacent to an activating group) is 1. The fourth-order valence-electron chi connectivity index (χ4n) is 5.43. The highest BCUT2D eigenvalue weighted by Gasteiger charge is 2.53. The van der Waals surface area contributed by atoms with E-state index < -0.39 is 0 Å². The molecule has 3 aliphatic rings. The van der Waals surface area contributed by atoms with E-state index in [-0.39, 0.29) is 0 Å². The molecule has 0 amide bonds. The second-order valence-corrected chi connectivity index (χ2v) is 7.26. The minimum absolute atomic E-state index is 0.454. The third-order valence-corrected chi connectivity index (χ3v) is 6.40. The summed E-state index contributed by atoms with van der Waals surface area (Å²) in [6.45, 7) is 4.10. The van der Waals surface area contributed by atoms with Crippen molar-refractivity contribution in [3.63, 3.8) is 0 Å². The second-order valence-electron chi connectivity index (χ2n) is 7.26. The third kappa shape index (κ3) is 1.95. The van der Waals surface area contributed by atoms with Gasteiger partial charge in [0.25, 0.3) is 0 Å². The monoisotopic (exact) mass is 285 g/mol. The zero-order valence-electron chi connectivity index (χ0n) is 13.4. The Bertz CT molecular complexity index is 540. The van der Waals surface area contributed by atoms with Crippen molar-refractivity contribution in [3.8, 4) is 5.75 Å². The van der Waals surface area contributed by atoms with Gasteiger partial charge in [0.2, 0.25) is 0 Å². The molecular weight excluding hydrogens is 258 g/mol. The maximum absolute atomic E-state index is 5.80. The van der Waals surface area contributed by atoms with Crippen LogP contribution in [0.3, 0.4) is 0 Å². The number of benzene rings is 1. The van der Waals surface area contributed by atoms with E-state index in [0.29, 0.717) is 5.41 Å². The lowest BCUT2D eigenvalue weighted by atomic mass is 9.52. The molecule has 0 N–H and O–H groups in total. The van der Waals surface area contributed by atoms with Crippen LogP contribution in [0.25, 0.3) is 0 Å². The highest BCUT2D eigenvalue weighted by atomic mass is 16.5. The van der Waals surface area contributed by atoms with Gasteiger partial charge in [-0.3, -0.25) is 0 Å².